The number of aromatic nitrogens is 3. The molecule has 12 aromatic rings. The van der Waals surface area contributed by atoms with Gasteiger partial charge in [-0.1, -0.05) is 168 Å². The monoisotopic (exact) mass is 981 g/mol. The number of nitrogens with zero attached hydrogens (tertiary/aromatic N) is 3. The van der Waals surface area contributed by atoms with Crippen LogP contribution in [0, 0.1) is 27.7 Å². The molecule has 74 heavy (non-hydrogen) atoms. The lowest BCUT2D eigenvalue weighted by Crippen LogP contribution is -2.11. The van der Waals surface area contributed by atoms with Gasteiger partial charge < -0.3 is 0 Å². The van der Waals surface area contributed by atoms with Gasteiger partial charge >= 0.3 is 12.4 Å². The van der Waals surface area contributed by atoms with Gasteiger partial charge in [0.05, 0.1) is 33.2 Å². The SMILES string of the molecule is Cc1ccc(-c2ccc3c4ccc(-c5ccc(C)cc5)cc4n(-c4cc(-c5cc(C(F)(F)F)cc(C(F)(F)F)c5)cc(-n5c6cc(-c7ccc(C)cc7)ccc6c6ccc(-c7ccc(C)cc7)cc65)n4)c3c2)cc1. The summed E-state index contributed by atoms with van der Waals surface area (Å²) in [5, 5.41) is 3.56. The van der Waals surface area contributed by atoms with E-state index < -0.39 is 23.5 Å². The molecule has 0 aliphatic rings. The summed E-state index contributed by atoms with van der Waals surface area (Å²) >= 11 is 0. The quantitative estimate of drug-likeness (QED) is 0.146. The summed E-state index contributed by atoms with van der Waals surface area (Å²) in [5.41, 5.74) is 12.0. The molecule has 0 amide bonds. The van der Waals surface area contributed by atoms with Gasteiger partial charge in [0.25, 0.3) is 0 Å². The first kappa shape index (κ1) is 46.4. The second-order valence-electron chi connectivity index (χ2n) is 19.4. The largest absolute Gasteiger partial charge is 0.416 e. The lowest BCUT2D eigenvalue weighted by Gasteiger charge is -2.18. The Kier molecular flexibility index (Phi) is 11.0. The molecule has 0 atom stereocenters. The van der Waals surface area contributed by atoms with Crippen LogP contribution in [-0.4, -0.2) is 14.1 Å². The minimum Gasteiger partial charge on any atom is -0.294 e. The highest BCUT2D eigenvalue weighted by atomic mass is 19.4. The smallest absolute Gasteiger partial charge is 0.294 e. The molecule has 12 rings (SSSR count). The Hall–Kier alpha value is -8.69. The van der Waals surface area contributed by atoms with E-state index in [1.165, 1.54) is 0 Å². The predicted molar refractivity (Wildman–Crippen MR) is 289 cm³/mol. The highest BCUT2D eigenvalue weighted by molar-refractivity contribution is 6.12. The van der Waals surface area contributed by atoms with Crippen LogP contribution in [0.2, 0.25) is 0 Å². The van der Waals surface area contributed by atoms with Crippen molar-refractivity contribution in [2.45, 2.75) is 40.0 Å². The molecule has 3 aromatic heterocycles. The highest BCUT2D eigenvalue weighted by Crippen LogP contribution is 2.43. The van der Waals surface area contributed by atoms with E-state index in [9.17, 15) is 26.3 Å². The summed E-state index contributed by atoms with van der Waals surface area (Å²) in [5.74, 6) is 0.593. The van der Waals surface area contributed by atoms with E-state index in [2.05, 4.69) is 121 Å². The van der Waals surface area contributed by atoms with E-state index in [0.29, 0.717) is 11.6 Å². The van der Waals surface area contributed by atoms with E-state index in [0.717, 1.165) is 123 Å². The zero-order valence-corrected chi connectivity index (χ0v) is 40.7. The van der Waals surface area contributed by atoms with Crippen LogP contribution < -0.4 is 0 Å². The molecule has 0 saturated carbocycles. The number of hydrogen-bond acceptors (Lipinski definition) is 1. The zero-order valence-electron chi connectivity index (χ0n) is 40.7. The van der Waals surface area contributed by atoms with E-state index in [4.69, 9.17) is 4.98 Å². The molecule has 0 saturated heterocycles. The molecule has 9 aromatic carbocycles. The third-order valence-electron chi connectivity index (χ3n) is 14.3. The zero-order chi connectivity index (χ0) is 51.2. The maximum atomic E-state index is 14.8. The van der Waals surface area contributed by atoms with Crippen LogP contribution in [0.15, 0.2) is 200 Å². The Morgan fingerprint density at radius 1 is 0.270 bits per heavy atom. The normalized spacial score (nSPS) is 12.2. The van der Waals surface area contributed by atoms with E-state index >= 15 is 0 Å². The van der Waals surface area contributed by atoms with Crippen LogP contribution in [0.3, 0.4) is 0 Å². The Balaban J connectivity index is 1.21. The lowest BCUT2D eigenvalue weighted by atomic mass is 9.99. The number of benzene rings is 9. The van der Waals surface area contributed by atoms with Crippen molar-refractivity contribution in [3.63, 3.8) is 0 Å². The number of rotatable bonds is 7. The van der Waals surface area contributed by atoms with Gasteiger partial charge in [-0.05, 0) is 138 Å². The molecular weight excluding hydrogens is 937 g/mol. The van der Waals surface area contributed by atoms with Gasteiger partial charge in [-0.15, -0.1) is 0 Å². The first-order chi connectivity index (χ1) is 35.5. The van der Waals surface area contributed by atoms with Crippen molar-refractivity contribution in [3.05, 3.63) is 234 Å². The van der Waals surface area contributed by atoms with Crippen LogP contribution in [0.4, 0.5) is 26.3 Å². The molecule has 0 radical (unpaired) electrons. The summed E-state index contributed by atoms with van der Waals surface area (Å²) in [7, 11) is 0. The Labute approximate surface area is 423 Å². The first-order valence-corrected chi connectivity index (χ1v) is 24.3. The van der Waals surface area contributed by atoms with Crippen LogP contribution in [0.5, 0.6) is 0 Å². The Morgan fingerprint density at radius 2 is 0.514 bits per heavy atom. The number of hydrogen-bond donors (Lipinski definition) is 0. The van der Waals surface area contributed by atoms with Gasteiger partial charge in [-0.25, -0.2) is 4.98 Å². The minimum atomic E-state index is -5.08. The molecule has 9 heteroatoms. The molecule has 0 N–H and O–H groups in total. The molecule has 362 valence electrons. The van der Waals surface area contributed by atoms with Gasteiger partial charge in [0.15, 0.2) is 0 Å². The number of aryl methyl sites for hydroxylation is 4. The summed E-state index contributed by atoms with van der Waals surface area (Å²) in [6.45, 7) is 8.11. The van der Waals surface area contributed by atoms with Crippen molar-refractivity contribution in [3.8, 4) is 67.3 Å². The Bertz CT molecular complexity index is 3690. The van der Waals surface area contributed by atoms with Crippen LogP contribution in [0.25, 0.3) is 111 Å². The maximum Gasteiger partial charge on any atom is 0.416 e. The van der Waals surface area contributed by atoms with Crippen LogP contribution >= 0.6 is 0 Å². The molecule has 0 spiro atoms. The van der Waals surface area contributed by atoms with Crippen LogP contribution in [-0.2, 0) is 12.4 Å². The average Bonchev–Trinajstić information content (AvgIpc) is 3.90. The van der Waals surface area contributed by atoms with Crippen molar-refractivity contribution in [1.82, 2.24) is 14.1 Å². The first-order valence-electron chi connectivity index (χ1n) is 24.3. The van der Waals surface area contributed by atoms with Gasteiger partial charge in [0.1, 0.15) is 11.6 Å². The Morgan fingerprint density at radius 3 is 0.770 bits per heavy atom. The molecule has 0 fully saturated rings. The van der Waals surface area contributed by atoms with Crippen molar-refractivity contribution in [2.75, 3.05) is 0 Å². The summed E-state index contributed by atoms with van der Waals surface area (Å²) in [6.07, 6.45) is -10.2. The van der Waals surface area contributed by atoms with Crippen LogP contribution in [0.1, 0.15) is 33.4 Å². The van der Waals surface area contributed by atoms with E-state index in [1.54, 1.807) is 12.1 Å². The molecule has 3 heterocycles. The second kappa shape index (κ2) is 17.5. The fraction of sp³-hybridized carbons (Fsp3) is 0.0923. The third-order valence-corrected chi connectivity index (χ3v) is 14.3. The number of fused-ring (bicyclic) bond motifs is 6. The summed E-state index contributed by atoms with van der Waals surface area (Å²) in [6, 6.07) is 62.6. The number of alkyl halides is 6. The average molecular weight is 982 g/mol. The minimum absolute atomic E-state index is 0.111. The molecule has 0 bridgehead atoms. The van der Waals surface area contributed by atoms with E-state index in [1.807, 2.05) is 85.4 Å². The van der Waals surface area contributed by atoms with Gasteiger partial charge in [0, 0.05) is 21.5 Å². The van der Waals surface area contributed by atoms with Gasteiger partial charge in [0.2, 0.25) is 0 Å². The standard InChI is InChI=1S/C65H45F6N3/c1-38-5-13-42(14-6-38)46-21-25-54-55-26-22-47(43-15-7-39(2)8-16-43)32-59(55)73(58(54)31-46)62-35-51(50-29-52(64(66,67)68)37-53(30-50)65(69,70)71)36-63(72-62)74-60-33-48(44-17-9-40(3)10-18-44)23-27-56(60)57-28-24-49(34-61(57)74)45-19-11-41(4)12-20-45/h5-37H,1-4H3. The fourth-order valence-corrected chi connectivity index (χ4v) is 10.3. The highest BCUT2D eigenvalue weighted by Gasteiger charge is 2.37. The summed E-state index contributed by atoms with van der Waals surface area (Å²) < 4.78 is 92.6. The van der Waals surface area contributed by atoms with Crippen molar-refractivity contribution >= 4 is 43.6 Å². The topological polar surface area (TPSA) is 22.8 Å². The molecule has 0 aliphatic heterocycles. The maximum absolute atomic E-state index is 14.8. The van der Waals surface area contributed by atoms with Gasteiger partial charge in [-0.3, -0.25) is 9.13 Å². The third kappa shape index (κ3) is 8.38. The predicted octanol–water partition coefficient (Wildman–Crippen LogP) is 18.9. The van der Waals surface area contributed by atoms with E-state index in [-0.39, 0.29) is 17.2 Å². The fourth-order valence-electron chi connectivity index (χ4n) is 10.3. The van der Waals surface area contributed by atoms with Crippen molar-refractivity contribution < 1.29 is 26.3 Å². The number of pyridine rings is 1. The number of halogens is 6. The molecule has 0 unspecified atom stereocenters. The molecule has 0 aliphatic carbocycles. The van der Waals surface area contributed by atoms with Gasteiger partial charge in [-0.2, -0.15) is 26.3 Å². The summed E-state index contributed by atoms with van der Waals surface area (Å²) in [4.78, 5) is 5.52. The van der Waals surface area contributed by atoms with Crippen molar-refractivity contribution in [2.24, 2.45) is 0 Å². The lowest BCUT2D eigenvalue weighted by molar-refractivity contribution is -0.143. The van der Waals surface area contributed by atoms with Crippen molar-refractivity contribution in [1.29, 1.82) is 0 Å². The molecular formula is C65H45F6N3. The second-order valence-corrected chi connectivity index (χ2v) is 19.4. The molecule has 3 nitrogen and oxygen atoms in total.